The number of Topliss-reactive ketones (excluding diaryl/α,β-unsaturated/α-hetero) is 8. The van der Waals surface area contributed by atoms with Crippen LogP contribution in [0.3, 0.4) is 0 Å². The van der Waals surface area contributed by atoms with Gasteiger partial charge in [-0.15, -0.1) is 0 Å². The van der Waals surface area contributed by atoms with Crippen LogP contribution in [0, 0.1) is 0 Å². The molecule has 0 atom stereocenters. The van der Waals surface area contributed by atoms with Crippen molar-refractivity contribution in [3.63, 3.8) is 0 Å². The number of hydrogen-bond donors (Lipinski definition) is 0. The van der Waals surface area contributed by atoms with Gasteiger partial charge in [-0.1, -0.05) is 0 Å². The SMILES string of the molecule is CC(=O)C(=O)[O-].CC(=O)C(=O)[O-].CC(=O)C(=O)[O-].CC(=O)C(=O)[O-].CC(=O)C(=O)[O-].CC(=O)C(=O)[O-].CC(=O)C(=O)[O-].CC(=O)C(=O)[O-].[Ti+4].[Ti+4]. The van der Waals surface area contributed by atoms with Crippen molar-refractivity contribution >= 4 is 94.0 Å². The number of ketones is 8. The minimum Gasteiger partial charge on any atom is -0.542 e. The van der Waals surface area contributed by atoms with Gasteiger partial charge in [-0.2, -0.15) is 0 Å². The summed E-state index contributed by atoms with van der Waals surface area (Å²) in [6.45, 7) is 7.52. The molecule has 0 saturated carbocycles. The smallest absolute Gasteiger partial charge is 0.542 e. The second kappa shape index (κ2) is 43.5. The second-order valence-corrected chi connectivity index (χ2v) is 6.75. The van der Waals surface area contributed by atoms with E-state index in [0.717, 1.165) is 55.4 Å². The zero-order chi connectivity index (χ0) is 41.2. The van der Waals surface area contributed by atoms with Crippen LogP contribution in [0.15, 0.2) is 0 Å². The number of hydrogen-bond acceptors (Lipinski definition) is 24. The Hall–Kier alpha value is -5.45. The zero-order valence-corrected chi connectivity index (χ0v) is 29.9. The summed E-state index contributed by atoms with van der Waals surface area (Å²) < 4.78 is 0. The van der Waals surface area contributed by atoms with E-state index in [1.54, 1.807) is 0 Å². The summed E-state index contributed by atoms with van der Waals surface area (Å²) in [5.74, 6) is -20.5. The van der Waals surface area contributed by atoms with E-state index in [2.05, 4.69) is 0 Å². The summed E-state index contributed by atoms with van der Waals surface area (Å²) in [6.07, 6.45) is 0. The number of rotatable bonds is 8. The fourth-order valence-corrected chi connectivity index (χ4v) is 0. The van der Waals surface area contributed by atoms with Crippen molar-refractivity contribution in [3.05, 3.63) is 0 Å². The fourth-order valence-electron chi connectivity index (χ4n) is 0. The van der Waals surface area contributed by atoms with Crippen molar-refractivity contribution in [3.8, 4) is 0 Å². The summed E-state index contributed by atoms with van der Waals surface area (Å²) >= 11 is 0. The molecular formula is C24H24O24Ti2. The molecule has 0 saturated heterocycles. The molecule has 0 amide bonds. The monoisotopic (exact) mass is 792 g/mol. The largest absolute Gasteiger partial charge is 4.00 e. The average molecular weight is 792 g/mol. The predicted molar refractivity (Wildman–Crippen MR) is 126 cm³/mol. The van der Waals surface area contributed by atoms with Gasteiger partial charge in [0.2, 0.25) is 0 Å². The van der Waals surface area contributed by atoms with Crippen LogP contribution >= 0.6 is 0 Å². The number of carboxylic acid groups (broad SMARTS) is 8. The molecule has 24 nitrogen and oxygen atoms in total. The van der Waals surface area contributed by atoms with E-state index in [1.165, 1.54) is 0 Å². The van der Waals surface area contributed by atoms with Crippen LogP contribution < -0.4 is 40.9 Å². The molecule has 0 aliphatic heterocycles. The Morgan fingerprint density at radius 1 is 0.200 bits per heavy atom. The van der Waals surface area contributed by atoms with E-state index in [-0.39, 0.29) is 43.4 Å². The van der Waals surface area contributed by atoms with Crippen molar-refractivity contribution in [1.29, 1.82) is 0 Å². The van der Waals surface area contributed by atoms with Crippen LogP contribution in [0.4, 0.5) is 0 Å². The Kier molecular flexibility index (Phi) is 61.6. The number of carbonyl (C=O) groups is 16. The van der Waals surface area contributed by atoms with Gasteiger partial charge in [0.15, 0.2) is 46.3 Å². The number of carboxylic acids is 8. The topological polar surface area (TPSA) is 458 Å². The van der Waals surface area contributed by atoms with Gasteiger partial charge in [-0.05, 0) is 0 Å². The van der Waals surface area contributed by atoms with Crippen molar-refractivity contribution in [2.75, 3.05) is 0 Å². The van der Waals surface area contributed by atoms with Crippen molar-refractivity contribution in [1.82, 2.24) is 0 Å². The van der Waals surface area contributed by atoms with Gasteiger partial charge in [0.1, 0.15) is 47.8 Å². The molecule has 0 radical (unpaired) electrons. The molecule has 0 aliphatic carbocycles. The normalized spacial score (nSPS) is 7.20. The molecule has 0 rings (SSSR count). The van der Waals surface area contributed by atoms with Crippen LogP contribution in [-0.2, 0) is 120 Å². The molecule has 0 N–H and O–H groups in total. The Bertz CT molecular complexity index is 876. The molecule has 0 bridgehead atoms. The first-order chi connectivity index (χ1) is 21.1. The van der Waals surface area contributed by atoms with Gasteiger partial charge < -0.3 is 79.2 Å². The van der Waals surface area contributed by atoms with E-state index in [4.69, 9.17) is 0 Å². The minimum atomic E-state index is -1.63. The van der Waals surface area contributed by atoms with E-state index in [0.29, 0.717) is 0 Å². The molecule has 0 aromatic carbocycles. The molecule has 0 aromatic rings. The molecule has 26 heteroatoms. The molecule has 272 valence electrons. The first-order valence-electron chi connectivity index (χ1n) is 10.9. The van der Waals surface area contributed by atoms with Gasteiger partial charge in [-0.3, -0.25) is 38.4 Å². The Balaban J connectivity index is -0.0000000455. The number of carbonyl (C=O) groups excluding carboxylic acids is 16. The molecule has 0 spiro atoms. The summed E-state index contributed by atoms with van der Waals surface area (Å²) in [6, 6.07) is 0. The number of aliphatic carboxylic acids is 8. The van der Waals surface area contributed by atoms with E-state index in [9.17, 15) is 118 Å². The Labute approximate surface area is 309 Å². The summed E-state index contributed by atoms with van der Waals surface area (Å²) in [7, 11) is 0. The standard InChI is InChI=1S/8C3H4O3.2Ti/c8*1-2(4)3(5)6;;/h8*1H3,(H,5,6);;/q;;;;;;;;2*+4/p-8. The van der Waals surface area contributed by atoms with Gasteiger partial charge in [0, 0.05) is 55.4 Å². The molecular weight excluding hydrogens is 768 g/mol. The van der Waals surface area contributed by atoms with Crippen molar-refractivity contribution < 1.29 is 161 Å². The summed E-state index contributed by atoms with van der Waals surface area (Å²) in [5, 5.41) is 73.9. The average Bonchev–Trinajstić information content (AvgIpc) is 2.90. The first-order valence-corrected chi connectivity index (χ1v) is 10.9. The summed E-state index contributed by atoms with van der Waals surface area (Å²) in [4.78, 5) is 150. The fraction of sp³-hybridized carbons (Fsp3) is 0.333. The van der Waals surface area contributed by atoms with Gasteiger partial charge in [-0.25, -0.2) is 0 Å². The Morgan fingerprint density at radius 2 is 0.220 bits per heavy atom. The quantitative estimate of drug-likeness (QED) is 0.163. The third-order valence-electron chi connectivity index (χ3n) is 2.30. The van der Waals surface area contributed by atoms with E-state index < -0.39 is 94.0 Å². The molecule has 0 heterocycles. The van der Waals surface area contributed by atoms with Crippen LogP contribution in [0.1, 0.15) is 55.4 Å². The van der Waals surface area contributed by atoms with Crippen LogP contribution in [0.25, 0.3) is 0 Å². The molecule has 0 fully saturated rings. The van der Waals surface area contributed by atoms with Crippen LogP contribution in [0.5, 0.6) is 0 Å². The maximum Gasteiger partial charge on any atom is 4.00 e. The third kappa shape index (κ3) is 104. The first kappa shape index (κ1) is 70.8. The molecule has 0 unspecified atom stereocenters. The second-order valence-electron chi connectivity index (χ2n) is 6.75. The predicted octanol–water partition coefficient (Wildman–Crippen LogP) is -13.4. The molecule has 0 aromatic heterocycles. The zero-order valence-electron chi connectivity index (χ0n) is 26.8. The van der Waals surface area contributed by atoms with Crippen molar-refractivity contribution in [2.24, 2.45) is 0 Å². The van der Waals surface area contributed by atoms with Crippen LogP contribution in [0.2, 0.25) is 0 Å². The maximum absolute atomic E-state index is 9.48. The minimum absolute atomic E-state index is 0. The van der Waals surface area contributed by atoms with Gasteiger partial charge in [0.25, 0.3) is 0 Å². The third-order valence-corrected chi connectivity index (χ3v) is 2.30. The molecule has 0 aliphatic rings. The van der Waals surface area contributed by atoms with E-state index >= 15 is 0 Å². The van der Waals surface area contributed by atoms with E-state index in [1.807, 2.05) is 0 Å². The Morgan fingerprint density at radius 3 is 0.220 bits per heavy atom. The van der Waals surface area contributed by atoms with Crippen LogP contribution in [-0.4, -0.2) is 94.0 Å². The van der Waals surface area contributed by atoms with Gasteiger partial charge >= 0.3 is 43.4 Å². The van der Waals surface area contributed by atoms with Crippen molar-refractivity contribution in [2.45, 2.75) is 55.4 Å². The summed E-state index contributed by atoms with van der Waals surface area (Å²) in [5.41, 5.74) is 0. The maximum atomic E-state index is 9.48. The molecule has 50 heavy (non-hydrogen) atoms. The van der Waals surface area contributed by atoms with Gasteiger partial charge in [0.05, 0.1) is 0 Å².